The van der Waals surface area contributed by atoms with Crippen LogP contribution in [-0.2, 0) is 0 Å². The molecule has 0 aliphatic heterocycles. The number of hydrogen-bond donors (Lipinski definition) is 0. The summed E-state index contributed by atoms with van der Waals surface area (Å²) in [5.41, 5.74) is 3.87. The third-order valence-electron chi connectivity index (χ3n) is 4.95. The van der Waals surface area contributed by atoms with E-state index in [-0.39, 0.29) is 5.69 Å². The minimum absolute atomic E-state index is 0.0178. The zero-order valence-electron chi connectivity index (χ0n) is 16.0. The normalized spacial score (nSPS) is 11.0. The summed E-state index contributed by atoms with van der Waals surface area (Å²) in [6.07, 6.45) is 0. The van der Waals surface area contributed by atoms with Crippen LogP contribution in [-0.4, -0.2) is 9.91 Å². The first-order valence-electron chi connectivity index (χ1n) is 9.42. The summed E-state index contributed by atoms with van der Waals surface area (Å²) in [6, 6.07) is 23.6. The number of nitro benzene ring substituents is 1. The number of rotatable bonds is 4. The molecule has 150 valence electrons. The maximum absolute atomic E-state index is 12.7. The summed E-state index contributed by atoms with van der Waals surface area (Å²) in [5.74, 6) is 0. The molecule has 0 unspecified atom stereocenters. The van der Waals surface area contributed by atoms with Crippen LogP contribution in [0.5, 0.6) is 0 Å². The van der Waals surface area contributed by atoms with Gasteiger partial charge in [0.1, 0.15) is 10.6 Å². The van der Waals surface area contributed by atoms with E-state index >= 15 is 0 Å². The van der Waals surface area contributed by atoms with Gasteiger partial charge in [0.2, 0.25) is 0 Å². The molecule has 0 N–H and O–H groups in total. The van der Waals surface area contributed by atoms with Gasteiger partial charge in [0.25, 0.3) is 5.69 Å². The van der Waals surface area contributed by atoms with Crippen molar-refractivity contribution >= 4 is 28.0 Å². The molecule has 0 radical (unpaired) electrons. The molecule has 0 bridgehead atoms. The van der Waals surface area contributed by atoms with Crippen molar-refractivity contribution in [3.05, 3.63) is 105 Å². The summed E-state index contributed by atoms with van der Waals surface area (Å²) < 4.78 is 5.60. The van der Waals surface area contributed by atoms with E-state index in [1.165, 1.54) is 23.5 Å². The Bertz CT molecular complexity index is 1470. The third-order valence-corrected chi connectivity index (χ3v) is 5.83. The molecule has 31 heavy (non-hydrogen) atoms. The molecule has 0 spiro atoms. The lowest BCUT2D eigenvalue weighted by atomic mass is 10.0. The highest BCUT2D eigenvalue weighted by molar-refractivity contribution is 7.13. The summed E-state index contributed by atoms with van der Waals surface area (Å²) in [5, 5.41) is 14.0. The van der Waals surface area contributed by atoms with Gasteiger partial charge in [0.15, 0.2) is 0 Å². The summed E-state index contributed by atoms with van der Waals surface area (Å²) in [4.78, 5) is 27.6. The van der Waals surface area contributed by atoms with E-state index in [4.69, 9.17) is 4.42 Å². The largest absolute Gasteiger partial charge is 0.422 e. The second kappa shape index (κ2) is 7.62. The maximum Gasteiger partial charge on any atom is 0.346 e. The van der Waals surface area contributed by atoms with Crippen molar-refractivity contribution in [3.63, 3.8) is 0 Å². The first kappa shape index (κ1) is 18.9. The fourth-order valence-corrected chi connectivity index (χ4v) is 4.19. The Hall–Kier alpha value is -4.10. The molecular weight excluding hydrogens is 412 g/mol. The lowest BCUT2D eigenvalue weighted by Crippen LogP contribution is -2.02. The molecule has 0 saturated carbocycles. The Balaban J connectivity index is 1.51. The van der Waals surface area contributed by atoms with Crippen LogP contribution in [0.15, 0.2) is 93.5 Å². The van der Waals surface area contributed by atoms with E-state index in [1.54, 1.807) is 18.2 Å². The van der Waals surface area contributed by atoms with Gasteiger partial charge in [0.05, 0.1) is 16.2 Å². The molecule has 5 rings (SSSR count). The van der Waals surface area contributed by atoms with Gasteiger partial charge in [-0.05, 0) is 35.4 Å². The van der Waals surface area contributed by atoms with Crippen LogP contribution in [0.1, 0.15) is 0 Å². The highest BCUT2D eigenvalue weighted by Crippen LogP contribution is 2.31. The number of nitro groups is 1. The Morgan fingerprint density at radius 3 is 2.35 bits per heavy atom. The Labute approximate surface area is 180 Å². The molecule has 6 nitrogen and oxygen atoms in total. The predicted molar refractivity (Wildman–Crippen MR) is 121 cm³/mol. The van der Waals surface area contributed by atoms with Crippen LogP contribution >= 0.6 is 11.3 Å². The monoisotopic (exact) mass is 426 g/mol. The van der Waals surface area contributed by atoms with Crippen LogP contribution in [0.25, 0.3) is 43.9 Å². The number of benzene rings is 3. The van der Waals surface area contributed by atoms with E-state index in [9.17, 15) is 14.9 Å². The molecule has 0 aliphatic carbocycles. The van der Waals surface area contributed by atoms with Gasteiger partial charge in [-0.15, -0.1) is 11.3 Å². The summed E-state index contributed by atoms with van der Waals surface area (Å²) in [7, 11) is 0. The summed E-state index contributed by atoms with van der Waals surface area (Å²) >= 11 is 1.33. The van der Waals surface area contributed by atoms with Gasteiger partial charge in [-0.25, -0.2) is 9.78 Å². The third kappa shape index (κ3) is 3.62. The van der Waals surface area contributed by atoms with Crippen molar-refractivity contribution < 1.29 is 9.34 Å². The van der Waals surface area contributed by atoms with E-state index < -0.39 is 10.5 Å². The van der Waals surface area contributed by atoms with Crippen molar-refractivity contribution in [3.8, 4) is 33.0 Å². The van der Waals surface area contributed by atoms with E-state index in [2.05, 4.69) is 4.98 Å². The summed E-state index contributed by atoms with van der Waals surface area (Å²) in [6.45, 7) is 0. The van der Waals surface area contributed by atoms with Crippen molar-refractivity contribution in [2.45, 2.75) is 0 Å². The van der Waals surface area contributed by atoms with Crippen LogP contribution in [0, 0.1) is 10.1 Å². The molecule has 7 heteroatoms. The van der Waals surface area contributed by atoms with E-state index in [0.29, 0.717) is 21.8 Å². The second-order valence-corrected chi connectivity index (χ2v) is 7.77. The first-order valence-corrected chi connectivity index (χ1v) is 10.3. The van der Waals surface area contributed by atoms with Gasteiger partial charge in [0, 0.05) is 28.5 Å². The molecule has 0 atom stereocenters. The van der Waals surface area contributed by atoms with Gasteiger partial charge < -0.3 is 4.42 Å². The fourth-order valence-electron chi connectivity index (χ4n) is 3.35. The lowest BCUT2D eigenvalue weighted by molar-refractivity contribution is -0.384. The number of fused-ring (bicyclic) bond motifs is 1. The minimum atomic E-state index is -0.456. The van der Waals surface area contributed by atoms with Crippen molar-refractivity contribution in [1.82, 2.24) is 4.98 Å². The number of thiazole rings is 1. The van der Waals surface area contributed by atoms with Crippen LogP contribution in [0.4, 0.5) is 5.69 Å². The number of hydrogen-bond acceptors (Lipinski definition) is 6. The van der Waals surface area contributed by atoms with Crippen LogP contribution < -0.4 is 5.63 Å². The zero-order valence-corrected chi connectivity index (χ0v) is 16.8. The first-order chi connectivity index (χ1) is 15.1. The van der Waals surface area contributed by atoms with Gasteiger partial charge in [-0.1, -0.05) is 42.5 Å². The topological polar surface area (TPSA) is 86.2 Å². The quantitative estimate of drug-likeness (QED) is 0.195. The molecular formula is C24H14N2O4S. The van der Waals surface area contributed by atoms with Crippen LogP contribution in [0.2, 0.25) is 0 Å². The Kier molecular flexibility index (Phi) is 4.65. The maximum atomic E-state index is 12.7. The Morgan fingerprint density at radius 1 is 0.871 bits per heavy atom. The fraction of sp³-hybridized carbons (Fsp3) is 0. The van der Waals surface area contributed by atoms with E-state index in [1.807, 2.05) is 53.9 Å². The average molecular weight is 426 g/mol. The SMILES string of the molecule is O=c1oc2cc(-c3ccccc3)ccc2cc1-c1nc(-c2ccc([N+](=O)[O-])cc2)cs1. The molecule has 0 fully saturated rings. The molecule has 0 saturated heterocycles. The molecule has 3 aromatic carbocycles. The molecule has 2 aromatic heterocycles. The average Bonchev–Trinajstić information content (AvgIpc) is 3.29. The Morgan fingerprint density at radius 2 is 1.61 bits per heavy atom. The molecule has 0 amide bonds. The van der Waals surface area contributed by atoms with Crippen molar-refractivity contribution in [2.75, 3.05) is 0 Å². The zero-order chi connectivity index (χ0) is 21.4. The van der Waals surface area contributed by atoms with Crippen molar-refractivity contribution in [2.24, 2.45) is 0 Å². The van der Waals surface area contributed by atoms with Gasteiger partial charge in [-0.3, -0.25) is 10.1 Å². The number of non-ortho nitro benzene ring substituents is 1. The molecule has 0 aliphatic rings. The number of aromatic nitrogens is 1. The van der Waals surface area contributed by atoms with Gasteiger partial charge >= 0.3 is 5.63 Å². The number of nitrogens with zero attached hydrogens (tertiary/aromatic N) is 2. The highest BCUT2D eigenvalue weighted by Gasteiger charge is 2.14. The lowest BCUT2D eigenvalue weighted by Gasteiger charge is -2.04. The highest BCUT2D eigenvalue weighted by atomic mass is 32.1. The standard InChI is InChI=1S/C24H14N2O4S/c27-24-20(23-25-21(14-31-23)16-8-10-19(11-9-16)26(28)29)12-18-7-6-17(13-22(18)30-24)15-4-2-1-3-5-15/h1-14H. The second-order valence-electron chi connectivity index (χ2n) is 6.91. The molecule has 2 heterocycles. The van der Waals surface area contributed by atoms with Gasteiger partial charge in [-0.2, -0.15) is 0 Å². The molecule has 5 aromatic rings. The predicted octanol–water partition coefficient (Wildman–Crippen LogP) is 6.16. The van der Waals surface area contributed by atoms with Crippen molar-refractivity contribution in [1.29, 1.82) is 0 Å². The minimum Gasteiger partial charge on any atom is -0.422 e. The van der Waals surface area contributed by atoms with Crippen LogP contribution in [0.3, 0.4) is 0 Å². The smallest absolute Gasteiger partial charge is 0.346 e. The van der Waals surface area contributed by atoms with E-state index in [0.717, 1.165) is 22.1 Å².